The van der Waals surface area contributed by atoms with E-state index in [-0.39, 0.29) is 11.8 Å². The van der Waals surface area contributed by atoms with Gasteiger partial charge in [0.2, 0.25) is 5.91 Å². The molecule has 2 amide bonds. The highest BCUT2D eigenvalue weighted by Gasteiger charge is 2.36. The summed E-state index contributed by atoms with van der Waals surface area (Å²) in [6.07, 6.45) is 1.90. The van der Waals surface area contributed by atoms with Crippen molar-refractivity contribution in [3.8, 4) is 0 Å². The van der Waals surface area contributed by atoms with E-state index in [2.05, 4.69) is 29.6 Å². The Balaban J connectivity index is 1.65. The molecule has 2 aromatic carbocycles. The molecule has 30 heavy (non-hydrogen) atoms. The summed E-state index contributed by atoms with van der Waals surface area (Å²) >= 11 is 0. The molecule has 160 valence electrons. The normalized spacial score (nSPS) is 17.4. The van der Waals surface area contributed by atoms with Gasteiger partial charge >= 0.3 is 6.09 Å². The molecule has 1 fully saturated rings. The first-order valence-corrected chi connectivity index (χ1v) is 10.7. The monoisotopic (exact) mass is 408 g/mol. The third-order valence-electron chi connectivity index (χ3n) is 5.30. The van der Waals surface area contributed by atoms with Crippen LogP contribution in [0.1, 0.15) is 50.7 Å². The van der Waals surface area contributed by atoms with E-state index in [0.29, 0.717) is 19.5 Å². The lowest BCUT2D eigenvalue weighted by molar-refractivity contribution is -0.125. The van der Waals surface area contributed by atoms with Crippen molar-refractivity contribution in [3.63, 3.8) is 0 Å². The highest BCUT2D eigenvalue weighted by atomic mass is 16.6. The van der Waals surface area contributed by atoms with Crippen LogP contribution in [0, 0.1) is 0 Å². The van der Waals surface area contributed by atoms with Gasteiger partial charge in [0.15, 0.2) is 0 Å². The van der Waals surface area contributed by atoms with Gasteiger partial charge in [-0.15, -0.1) is 0 Å². The number of ether oxygens (including phenoxy) is 1. The standard InChI is InChI=1S/C25H32N2O3/c1-25(2,3)30-24(29)27-16-10-15-22(27)23(28)26-18-21(20-13-8-5-9-14-20)17-19-11-6-4-7-12-19/h4-9,11-14,21-22H,10,15-18H2,1-3H3,(H,26,28)/t21-,22-/m1/s1. The first kappa shape index (κ1) is 21.9. The topological polar surface area (TPSA) is 58.6 Å². The predicted molar refractivity (Wildman–Crippen MR) is 118 cm³/mol. The van der Waals surface area contributed by atoms with Gasteiger partial charge in [-0.2, -0.15) is 0 Å². The molecular formula is C25H32N2O3. The molecule has 3 rings (SSSR count). The molecule has 0 unspecified atom stereocenters. The highest BCUT2D eigenvalue weighted by Crippen LogP contribution is 2.23. The van der Waals surface area contributed by atoms with Crippen LogP contribution in [0.15, 0.2) is 60.7 Å². The molecule has 1 N–H and O–H groups in total. The molecule has 0 aliphatic carbocycles. The van der Waals surface area contributed by atoms with Crippen LogP contribution in [0.2, 0.25) is 0 Å². The maximum absolute atomic E-state index is 13.0. The lowest BCUT2D eigenvalue weighted by Crippen LogP contribution is -2.48. The second-order valence-electron chi connectivity index (χ2n) is 8.87. The number of hydrogen-bond donors (Lipinski definition) is 1. The van der Waals surface area contributed by atoms with E-state index in [0.717, 1.165) is 12.8 Å². The number of nitrogens with zero attached hydrogens (tertiary/aromatic N) is 1. The quantitative estimate of drug-likeness (QED) is 0.764. The first-order valence-electron chi connectivity index (χ1n) is 10.7. The Kier molecular flexibility index (Phi) is 7.14. The molecule has 5 heteroatoms. The number of benzene rings is 2. The third kappa shape index (κ3) is 6.09. The Morgan fingerprint density at radius 2 is 1.70 bits per heavy atom. The van der Waals surface area contributed by atoms with Crippen molar-refractivity contribution >= 4 is 12.0 Å². The van der Waals surface area contributed by atoms with Crippen LogP contribution in [0.5, 0.6) is 0 Å². The van der Waals surface area contributed by atoms with Crippen LogP contribution in [-0.2, 0) is 16.0 Å². The van der Waals surface area contributed by atoms with Crippen molar-refractivity contribution in [1.29, 1.82) is 0 Å². The van der Waals surface area contributed by atoms with E-state index in [1.807, 2.05) is 57.2 Å². The molecule has 1 aliphatic rings. The predicted octanol–water partition coefficient (Wildman–Crippen LogP) is 4.53. The fraction of sp³-hybridized carbons (Fsp3) is 0.440. The van der Waals surface area contributed by atoms with Crippen molar-refractivity contribution in [2.75, 3.05) is 13.1 Å². The number of likely N-dealkylation sites (tertiary alicyclic amines) is 1. The molecule has 0 spiro atoms. The van der Waals surface area contributed by atoms with Gasteiger partial charge in [-0.05, 0) is 51.2 Å². The van der Waals surface area contributed by atoms with E-state index in [1.54, 1.807) is 4.90 Å². The van der Waals surface area contributed by atoms with E-state index in [9.17, 15) is 9.59 Å². The molecule has 5 nitrogen and oxygen atoms in total. The Morgan fingerprint density at radius 3 is 2.33 bits per heavy atom. The largest absolute Gasteiger partial charge is 0.444 e. The zero-order valence-corrected chi connectivity index (χ0v) is 18.1. The minimum atomic E-state index is -0.575. The molecule has 0 radical (unpaired) electrons. The third-order valence-corrected chi connectivity index (χ3v) is 5.30. The van der Waals surface area contributed by atoms with Crippen LogP contribution in [0.4, 0.5) is 4.79 Å². The summed E-state index contributed by atoms with van der Waals surface area (Å²) in [5.41, 5.74) is 1.85. The summed E-state index contributed by atoms with van der Waals surface area (Å²) in [5, 5.41) is 3.10. The highest BCUT2D eigenvalue weighted by molar-refractivity contribution is 5.86. The van der Waals surface area contributed by atoms with Crippen LogP contribution >= 0.6 is 0 Å². The average molecular weight is 409 g/mol. The number of rotatable bonds is 6. The summed E-state index contributed by atoms with van der Waals surface area (Å²) in [6.45, 7) is 6.59. The Bertz CT molecular complexity index is 830. The van der Waals surface area contributed by atoms with E-state index >= 15 is 0 Å². The molecule has 2 aromatic rings. The maximum Gasteiger partial charge on any atom is 0.410 e. The summed E-state index contributed by atoms with van der Waals surface area (Å²) in [7, 11) is 0. The molecule has 1 heterocycles. The molecule has 0 bridgehead atoms. The summed E-state index contributed by atoms with van der Waals surface area (Å²) in [6, 6.07) is 20.1. The van der Waals surface area contributed by atoms with Crippen LogP contribution in [0.25, 0.3) is 0 Å². The smallest absolute Gasteiger partial charge is 0.410 e. The minimum Gasteiger partial charge on any atom is -0.444 e. The number of carbonyl (C=O) groups is 2. The maximum atomic E-state index is 13.0. The second kappa shape index (κ2) is 9.79. The number of amides is 2. The Morgan fingerprint density at radius 1 is 1.07 bits per heavy atom. The van der Waals surface area contributed by atoms with Crippen molar-refractivity contribution in [2.45, 2.75) is 57.6 Å². The SMILES string of the molecule is CC(C)(C)OC(=O)N1CCC[C@@H]1C(=O)NC[C@@H](Cc1ccccc1)c1ccccc1. The number of nitrogens with one attached hydrogen (secondary N) is 1. The van der Waals surface area contributed by atoms with Crippen molar-refractivity contribution in [2.24, 2.45) is 0 Å². The summed E-state index contributed by atoms with van der Waals surface area (Å²) in [4.78, 5) is 27.0. The lowest BCUT2D eigenvalue weighted by Gasteiger charge is -2.28. The van der Waals surface area contributed by atoms with Crippen molar-refractivity contribution in [1.82, 2.24) is 10.2 Å². The van der Waals surface area contributed by atoms with Gasteiger partial charge in [-0.25, -0.2) is 4.79 Å². The fourth-order valence-electron chi connectivity index (χ4n) is 3.85. The van der Waals surface area contributed by atoms with Gasteiger partial charge in [0, 0.05) is 19.0 Å². The van der Waals surface area contributed by atoms with Crippen LogP contribution < -0.4 is 5.32 Å². The summed E-state index contributed by atoms with van der Waals surface area (Å²) in [5.74, 6) is 0.0567. The molecule has 1 saturated heterocycles. The Hall–Kier alpha value is -2.82. The van der Waals surface area contributed by atoms with Crippen molar-refractivity contribution in [3.05, 3.63) is 71.8 Å². The second-order valence-corrected chi connectivity index (χ2v) is 8.87. The molecule has 0 aromatic heterocycles. The van der Waals surface area contributed by atoms with Crippen LogP contribution in [-0.4, -0.2) is 41.6 Å². The van der Waals surface area contributed by atoms with Gasteiger partial charge in [0.05, 0.1) is 0 Å². The number of hydrogen-bond acceptors (Lipinski definition) is 3. The summed E-state index contributed by atoms with van der Waals surface area (Å²) < 4.78 is 5.48. The number of carbonyl (C=O) groups excluding carboxylic acids is 2. The Labute approximate surface area is 179 Å². The molecule has 0 saturated carbocycles. The van der Waals surface area contributed by atoms with E-state index < -0.39 is 17.7 Å². The minimum absolute atomic E-state index is 0.104. The lowest BCUT2D eigenvalue weighted by atomic mass is 9.92. The molecule has 1 aliphatic heterocycles. The van der Waals surface area contributed by atoms with E-state index in [1.165, 1.54) is 11.1 Å². The first-order chi connectivity index (χ1) is 14.3. The average Bonchev–Trinajstić information content (AvgIpc) is 3.21. The zero-order valence-electron chi connectivity index (χ0n) is 18.1. The fourth-order valence-corrected chi connectivity index (χ4v) is 3.85. The van der Waals surface area contributed by atoms with Gasteiger partial charge in [0.25, 0.3) is 0 Å². The zero-order chi connectivity index (χ0) is 21.6. The van der Waals surface area contributed by atoms with Crippen LogP contribution in [0.3, 0.4) is 0 Å². The van der Waals surface area contributed by atoms with Gasteiger partial charge in [0.1, 0.15) is 11.6 Å². The van der Waals surface area contributed by atoms with Gasteiger partial charge in [-0.1, -0.05) is 60.7 Å². The van der Waals surface area contributed by atoms with Gasteiger partial charge in [-0.3, -0.25) is 9.69 Å². The molecule has 2 atom stereocenters. The van der Waals surface area contributed by atoms with Gasteiger partial charge < -0.3 is 10.1 Å². The van der Waals surface area contributed by atoms with E-state index in [4.69, 9.17) is 4.74 Å². The molecular weight excluding hydrogens is 376 g/mol. The van der Waals surface area contributed by atoms with Crippen molar-refractivity contribution < 1.29 is 14.3 Å².